The number of aromatic amines is 1. The van der Waals surface area contributed by atoms with E-state index < -0.39 is 266 Å². The zero-order valence-corrected chi connectivity index (χ0v) is 77.2. The first-order valence-corrected chi connectivity index (χ1v) is 45.8. The van der Waals surface area contributed by atoms with Gasteiger partial charge in [-0.15, -0.1) is 11.8 Å². The number of benzene rings is 6. The number of H-pyrrole nitrogens is 1. The Labute approximate surface area is 792 Å². The molecule has 0 bridgehead atoms. The molecule has 0 aliphatic carbocycles. The lowest BCUT2D eigenvalue weighted by atomic mass is 9.98. The number of hydrogen-bond donors (Lipinski definition) is 17. The van der Waals surface area contributed by atoms with Crippen LogP contribution in [-0.2, 0) is 120 Å². The molecule has 6 aromatic carbocycles. The normalized spacial score (nSPS) is 24.3. The number of phenols is 2. The van der Waals surface area contributed by atoms with Gasteiger partial charge in [0.25, 0.3) is 0 Å². The molecule has 1 aromatic heterocycles. The molecule has 42 heteroatoms. The van der Waals surface area contributed by atoms with E-state index in [2.05, 4.69) is 52.8 Å². The molecule has 4 heterocycles. The van der Waals surface area contributed by atoms with Gasteiger partial charge < -0.3 is 119 Å². The summed E-state index contributed by atoms with van der Waals surface area (Å²) in [7, 11) is 4.92. The predicted molar refractivity (Wildman–Crippen MR) is 495 cm³/mol. The van der Waals surface area contributed by atoms with Crippen LogP contribution in [0.5, 0.6) is 11.5 Å². The van der Waals surface area contributed by atoms with Gasteiger partial charge in [0.2, 0.25) is 88.6 Å². The predicted octanol–water partition coefficient (Wildman–Crippen LogP) is -0.849. The Balaban J connectivity index is 1.07. The van der Waals surface area contributed by atoms with Crippen molar-refractivity contribution in [1.29, 1.82) is 0 Å². The van der Waals surface area contributed by atoms with Gasteiger partial charge in [-0.05, 0) is 101 Å². The minimum atomic E-state index is -2.06. The molecule has 3 saturated heterocycles. The van der Waals surface area contributed by atoms with Crippen LogP contribution in [0.3, 0.4) is 0 Å². The summed E-state index contributed by atoms with van der Waals surface area (Å²) >= 11 is 0.681. The highest BCUT2D eigenvalue weighted by molar-refractivity contribution is 8.00. The third-order valence-electron chi connectivity index (χ3n) is 24.1. The number of ether oxygens (including phenoxy) is 1. The van der Waals surface area contributed by atoms with E-state index in [4.69, 9.17) is 16.2 Å². The molecule has 15 atom stereocenters. The molecule has 0 unspecified atom stereocenters. The monoisotopic (exact) mass is 1920 g/mol. The van der Waals surface area contributed by atoms with Crippen molar-refractivity contribution in [3.8, 4) is 11.5 Å². The Bertz CT molecular complexity index is 5480. The summed E-state index contributed by atoms with van der Waals surface area (Å²) in [5, 5.41) is 78.3. The number of rotatable bonds is 24. The van der Waals surface area contributed by atoms with Crippen molar-refractivity contribution in [1.82, 2.24) is 77.3 Å². The number of phenolic OH excluding ortho intramolecular Hbond substituents is 2. The highest BCUT2D eigenvalue weighted by atomic mass is 32.2. The molecule has 7 aromatic rings. The Morgan fingerprint density at radius 1 is 0.504 bits per heavy atom. The molecular formula is C95H117F2N17O22S. The number of aliphatic carboxylic acids is 1. The number of halogens is 2. The summed E-state index contributed by atoms with van der Waals surface area (Å²) in [6.45, 7) is 0.775. The van der Waals surface area contributed by atoms with Crippen molar-refractivity contribution < 1.29 is 116 Å². The second-order valence-corrected chi connectivity index (χ2v) is 35.6. The van der Waals surface area contributed by atoms with E-state index in [1.165, 1.54) is 90.6 Å². The van der Waals surface area contributed by atoms with Crippen LogP contribution in [0.2, 0.25) is 0 Å². The average Bonchev–Trinajstić information content (AvgIpc) is 1.72. The summed E-state index contributed by atoms with van der Waals surface area (Å²) in [4.78, 5) is 247. The number of carboxylic acids is 1. The first kappa shape index (κ1) is 105. The van der Waals surface area contributed by atoms with Gasteiger partial charge >= 0.3 is 5.97 Å². The number of aromatic nitrogens is 1. The summed E-state index contributed by atoms with van der Waals surface area (Å²) in [5.74, 6) is -22.4. The number of para-hydroxylation sites is 1. The lowest BCUT2D eigenvalue weighted by Gasteiger charge is -2.37. The number of likely N-dealkylation sites (N-methyl/N-ethyl adjacent to an activating group) is 3. The minimum absolute atomic E-state index is 0.0191. The number of thioether (sulfide) groups is 1. The highest BCUT2D eigenvalue weighted by Crippen LogP contribution is 2.29. The maximum Gasteiger partial charge on any atom is 0.305 e. The van der Waals surface area contributed by atoms with E-state index in [-0.39, 0.29) is 75.2 Å². The Kier molecular flexibility index (Phi) is 38.0. The number of aliphatic hydroxyl groups excluding tert-OH is 2. The van der Waals surface area contributed by atoms with Crippen LogP contribution in [0.25, 0.3) is 10.9 Å². The van der Waals surface area contributed by atoms with Crippen molar-refractivity contribution in [3.05, 3.63) is 203 Å². The van der Waals surface area contributed by atoms with Gasteiger partial charge in [-0.2, -0.15) is 0 Å². The third kappa shape index (κ3) is 29.0. The van der Waals surface area contributed by atoms with Crippen LogP contribution in [0.4, 0.5) is 8.78 Å². The molecule has 15 amide bonds. The van der Waals surface area contributed by atoms with Crippen molar-refractivity contribution in [2.45, 2.75) is 182 Å². The van der Waals surface area contributed by atoms with E-state index in [0.717, 1.165) is 42.7 Å². The van der Waals surface area contributed by atoms with E-state index in [9.17, 15) is 63.5 Å². The first-order valence-electron chi connectivity index (χ1n) is 44.7. The fourth-order valence-corrected chi connectivity index (χ4v) is 17.5. The quantitative estimate of drug-likeness (QED) is 0.0350. The summed E-state index contributed by atoms with van der Waals surface area (Å²) in [6, 6.07) is 14.8. The third-order valence-corrected chi connectivity index (χ3v) is 25.2. The topological polar surface area (TPSA) is 576 Å². The number of carboxylic acid groups (broad SMARTS) is 1. The molecule has 3 aliphatic rings. The average molecular weight is 1920 g/mol. The van der Waals surface area contributed by atoms with E-state index >= 15 is 47.5 Å². The van der Waals surface area contributed by atoms with Crippen molar-refractivity contribution >= 4 is 117 Å². The van der Waals surface area contributed by atoms with Crippen molar-refractivity contribution in [2.24, 2.45) is 17.4 Å². The molecule has 3 aliphatic heterocycles. The van der Waals surface area contributed by atoms with Crippen LogP contribution >= 0.6 is 11.8 Å². The number of aliphatic hydroxyl groups is 2. The molecule has 10 rings (SSSR count). The standard InChI is InChI=1S/C95H117F2N17O22S/c1-52(2)82-95(135)111(4)75(40-53-16-9-7-10-17-53)88(128)107-72(38-56-25-30-60(116)31-26-56)92(132)113-48-61(117)43-76(113)89(129)105-69(42-58-46-100-66-21-14-13-20-63(58)66)86(126)104-68(37-55-23-28-59(115)29-24-55)85(125)103-67(22-15-34-98)84(124)108-73(83(123)101-47-79(99)119)50-137-51-80(120)102-71(39-57-27-32-64(96)65(97)36-57)91(131)112(5)78(41-54-18-11-8-12-19-54)93(133)110(3)74(33-35-136-6)94(134)114-49-62(118)44-77(114)90(130)106-70(45-81(121)122)87(127)109-82/h7-14,16-21,23-32,36,46,52,61-62,67-78,82,100,115-118H,15,22,33-35,37-45,47-51,98H2,1-6H3,(H2,99,119)(H,101,123)(H,102,120)(H,103,125)(H,104,126)(H,105,129)(H,106,130)(H,107,128)(H,108,124)(H,109,127)(H,121,122)/t61-,62-,67-,68-,69-,70-,71-,72-,73-,74-,75+,76+,77+,78-,82-/m0/s1. The lowest BCUT2D eigenvalue weighted by molar-refractivity contribution is -0.153. The number of fused-ring (bicyclic) bond motifs is 3. The second-order valence-electron chi connectivity index (χ2n) is 34.6. The highest BCUT2D eigenvalue weighted by Gasteiger charge is 2.48. The lowest BCUT2D eigenvalue weighted by Crippen LogP contribution is -2.62. The largest absolute Gasteiger partial charge is 0.508 e. The van der Waals surface area contributed by atoms with E-state index in [0.29, 0.717) is 50.5 Å². The Morgan fingerprint density at radius 3 is 1.55 bits per heavy atom. The van der Waals surface area contributed by atoms with Gasteiger partial charge in [-0.25, -0.2) is 8.78 Å². The molecule has 0 saturated carbocycles. The maximum atomic E-state index is 15.8. The smallest absolute Gasteiger partial charge is 0.305 e. The summed E-state index contributed by atoms with van der Waals surface area (Å²) in [5.41, 5.74) is 14.0. The van der Waals surface area contributed by atoms with Gasteiger partial charge in [0.05, 0.1) is 30.9 Å². The second kappa shape index (κ2) is 49.5. The molecule has 19 N–H and O–H groups in total. The molecule has 734 valence electrons. The van der Waals surface area contributed by atoms with Gasteiger partial charge in [-0.3, -0.25) is 76.7 Å². The number of primary amides is 1. The summed E-state index contributed by atoms with van der Waals surface area (Å²) in [6.07, 6.45) is -6.36. The summed E-state index contributed by atoms with van der Waals surface area (Å²) < 4.78 is 35.3. The van der Waals surface area contributed by atoms with Crippen molar-refractivity contribution in [2.75, 3.05) is 72.5 Å². The van der Waals surface area contributed by atoms with Gasteiger partial charge in [0, 0.05) is 129 Å². The van der Waals surface area contributed by atoms with Crippen LogP contribution in [0, 0.1) is 17.6 Å². The molecule has 0 radical (unpaired) electrons. The Morgan fingerprint density at radius 2 is 0.985 bits per heavy atom. The van der Waals surface area contributed by atoms with Gasteiger partial charge in [0.15, 0.2) is 11.6 Å². The number of nitrogens with two attached hydrogens (primary N) is 2. The van der Waals surface area contributed by atoms with Crippen LogP contribution in [0.15, 0.2) is 158 Å². The maximum absolute atomic E-state index is 15.8. The molecule has 137 heavy (non-hydrogen) atoms. The van der Waals surface area contributed by atoms with Crippen LogP contribution < -0.4 is 59.3 Å². The van der Waals surface area contributed by atoms with Crippen molar-refractivity contribution in [3.63, 3.8) is 0 Å². The van der Waals surface area contributed by atoms with Crippen LogP contribution in [-0.4, -0.2) is 313 Å². The van der Waals surface area contributed by atoms with Crippen LogP contribution in [0.1, 0.15) is 85.8 Å². The number of hydrogen-bond acceptors (Lipinski definition) is 23. The molecule has 0 spiro atoms. The number of nitrogens with zero attached hydrogens (tertiary/aromatic N) is 5. The number of nitrogens with one attached hydrogen (secondary N) is 10. The fraction of sp³-hybridized carbons (Fsp3) is 0.432. The zero-order chi connectivity index (χ0) is 99.6. The number of carbonyl (C=O) groups is 16. The van der Waals surface area contributed by atoms with Gasteiger partial charge in [-0.1, -0.05) is 123 Å². The zero-order valence-electron chi connectivity index (χ0n) is 76.4. The number of aromatic hydroxyl groups is 2. The SMILES string of the molecule is COCC[C@H]1C(=O)N2C[C@@H](O)C[C@@H]2C(=O)N[C@@H](CC(=O)O)C(=O)N[C@@H](C(C)C)C(=O)N(C)[C@H](Cc2ccccc2)C(=O)N[C@@H](Cc2ccc(O)cc2)C(=O)N2C[C@@H](O)C[C@@H]2C(=O)N[C@@H](Cc2c[nH]c3ccccc23)C(=O)N[C@@H](Cc2ccc(O)cc2)C(=O)N[C@@H](CCCN)C(=O)N[C@H](C(=O)NCC(N)=O)CSCC(=O)N[C@@H](Cc2ccc(F)c(F)c2)C(=O)N(C)[C@@H](Cc2ccccc2)C(=O)N1C. The Hall–Kier alpha value is -14.0. The molecule has 3 fully saturated rings. The van der Waals surface area contributed by atoms with E-state index in [1.807, 2.05) is 0 Å². The first-order chi connectivity index (χ1) is 65.3. The minimum Gasteiger partial charge on any atom is -0.508 e. The van der Waals surface area contributed by atoms with E-state index in [1.54, 1.807) is 91.1 Å². The number of carbonyl (C=O) groups excluding carboxylic acids is 15. The molecule has 39 nitrogen and oxygen atoms in total. The fourth-order valence-electron chi connectivity index (χ4n) is 16.7. The number of methoxy groups -OCH3 is 1. The van der Waals surface area contributed by atoms with Gasteiger partial charge in [0.1, 0.15) is 90.0 Å². The molecular weight excluding hydrogens is 1800 g/mol. The number of amides is 15.